The van der Waals surface area contributed by atoms with Gasteiger partial charge in [-0.2, -0.15) is 0 Å². The van der Waals surface area contributed by atoms with Crippen LogP contribution in [0.3, 0.4) is 0 Å². The lowest BCUT2D eigenvalue weighted by atomic mass is 9.87. The predicted octanol–water partition coefficient (Wildman–Crippen LogP) is 10.2. The normalized spacial score (nSPS) is 11.5. The van der Waals surface area contributed by atoms with Crippen molar-refractivity contribution in [1.29, 1.82) is 0 Å². The Balaban J connectivity index is 1.39. The Kier molecular flexibility index (Phi) is 6.27. The Morgan fingerprint density at radius 1 is 0.525 bits per heavy atom. The maximum absolute atomic E-state index is 6.29. The Morgan fingerprint density at radius 3 is 1.93 bits per heavy atom. The molecule has 1 heterocycles. The molecule has 0 aliphatic rings. The SMILES string of the molecule is C(=NCc1ccccc1)c1cccc2oc3ccc(-c4cccc(-c5ccccc5)c4-c4ccccc4)cc3c12. The summed E-state index contributed by atoms with van der Waals surface area (Å²) >= 11 is 0. The summed E-state index contributed by atoms with van der Waals surface area (Å²) in [5.41, 5.74) is 11.2. The van der Waals surface area contributed by atoms with Gasteiger partial charge in [0.05, 0.1) is 6.54 Å². The van der Waals surface area contributed by atoms with Gasteiger partial charge in [0.25, 0.3) is 0 Å². The lowest BCUT2D eigenvalue weighted by Gasteiger charge is -2.16. The van der Waals surface area contributed by atoms with Crippen LogP contribution in [-0.4, -0.2) is 6.21 Å². The number of benzene rings is 6. The molecule has 0 aliphatic carbocycles. The van der Waals surface area contributed by atoms with Crippen molar-refractivity contribution in [1.82, 2.24) is 0 Å². The summed E-state index contributed by atoms with van der Waals surface area (Å²) in [6.07, 6.45) is 1.97. The van der Waals surface area contributed by atoms with Crippen LogP contribution in [0.1, 0.15) is 11.1 Å². The molecule has 0 amide bonds. The second-order valence-corrected chi connectivity index (χ2v) is 9.95. The third-order valence-electron chi connectivity index (χ3n) is 7.40. The smallest absolute Gasteiger partial charge is 0.136 e. The first-order valence-corrected chi connectivity index (χ1v) is 13.6. The van der Waals surface area contributed by atoms with Gasteiger partial charge in [-0.15, -0.1) is 0 Å². The molecule has 1 aromatic heterocycles. The first kappa shape index (κ1) is 23.9. The maximum Gasteiger partial charge on any atom is 0.136 e. The molecule has 2 heteroatoms. The van der Waals surface area contributed by atoms with Gasteiger partial charge < -0.3 is 4.42 Å². The second kappa shape index (κ2) is 10.5. The summed E-state index contributed by atoms with van der Waals surface area (Å²) in [5, 5.41) is 2.19. The molecule has 0 spiro atoms. The Morgan fingerprint density at radius 2 is 1.18 bits per heavy atom. The van der Waals surface area contributed by atoms with E-state index >= 15 is 0 Å². The molecule has 7 aromatic rings. The summed E-state index contributed by atoms with van der Waals surface area (Å²) < 4.78 is 6.29. The molecule has 0 saturated heterocycles. The quantitative estimate of drug-likeness (QED) is 0.203. The molecule has 190 valence electrons. The predicted molar refractivity (Wildman–Crippen MR) is 168 cm³/mol. The number of hydrogen-bond donors (Lipinski definition) is 0. The molecular formula is C38H27NO. The van der Waals surface area contributed by atoms with Gasteiger partial charge >= 0.3 is 0 Å². The third-order valence-corrected chi connectivity index (χ3v) is 7.40. The van der Waals surface area contributed by atoms with Crippen LogP contribution in [0.5, 0.6) is 0 Å². The third kappa shape index (κ3) is 4.50. The number of hydrogen-bond acceptors (Lipinski definition) is 2. The molecule has 0 radical (unpaired) electrons. The minimum atomic E-state index is 0.644. The molecule has 0 saturated carbocycles. The van der Waals surface area contributed by atoms with Gasteiger partial charge in [0.2, 0.25) is 0 Å². The average Bonchev–Trinajstić information content (AvgIpc) is 3.41. The van der Waals surface area contributed by atoms with E-state index in [2.05, 4.69) is 115 Å². The standard InChI is InChI=1S/C38H27NO/c1-4-12-27(13-5-1)25-39-26-31-18-10-21-36-38(31)34-24-30(22-23-35(34)40-36)33-20-11-19-32(28-14-6-2-7-15-28)37(33)29-16-8-3-9-17-29/h1-24,26H,25H2. The van der Waals surface area contributed by atoms with E-state index in [1.165, 1.54) is 33.4 Å². The molecule has 0 N–H and O–H groups in total. The zero-order valence-electron chi connectivity index (χ0n) is 22.0. The summed E-state index contributed by atoms with van der Waals surface area (Å²) in [6, 6.07) is 50.9. The van der Waals surface area contributed by atoms with Gasteiger partial charge in [-0.05, 0) is 57.1 Å². The van der Waals surface area contributed by atoms with Crippen LogP contribution < -0.4 is 0 Å². The Labute approximate surface area is 233 Å². The molecule has 0 unspecified atom stereocenters. The lowest BCUT2D eigenvalue weighted by molar-refractivity contribution is 0.669. The van der Waals surface area contributed by atoms with E-state index in [1.807, 2.05) is 36.5 Å². The summed E-state index contributed by atoms with van der Waals surface area (Å²) in [4.78, 5) is 4.76. The zero-order valence-corrected chi connectivity index (χ0v) is 22.0. The molecule has 0 bridgehead atoms. The minimum absolute atomic E-state index is 0.644. The van der Waals surface area contributed by atoms with Crippen molar-refractivity contribution in [2.45, 2.75) is 6.54 Å². The van der Waals surface area contributed by atoms with Crippen LogP contribution in [0.25, 0.3) is 55.3 Å². The van der Waals surface area contributed by atoms with E-state index in [9.17, 15) is 0 Å². The number of fused-ring (bicyclic) bond motifs is 3. The largest absolute Gasteiger partial charge is 0.456 e. The number of furan rings is 1. The highest BCUT2D eigenvalue weighted by Gasteiger charge is 2.16. The van der Waals surface area contributed by atoms with Crippen LogP contribution >= 0.6 is 0 Å². The van der Waals surface area contributed by atoms with E-state index < -0.39 is 0 Å². The Bertz CT molecular complexity index is 1950. The van der Waals surface area contributed by atoms with Crippen molar-refractivity contribution >= 4 is 28.2 Å². The highest BCUT2D eigenvalue weighted by molar-refractivity contribution is 6.14. The van der Waals surface area contributed by atoms with Gasteiger partial charge in [0.15, 0.2) is 0 Å². The van der Waals surface area contributed by atoms with Crippen molar-refractivity contribution in [3.63, 3.8) is 0 Å². The first-order chi connectivity index (χ1) is 19.8. The first-order valence-electron chi connectivity index (χ1n) is 13.6. The van der Waals surface area contributed by atoms with E-state index in [1.54, 1.807) is 0 Å². The maximum atomic E-state index is 6.29. The van der Waals surface area contributed by atoms with Crippen molar-refractivity contribution in [2.75, 3.05) is 0 Å². The highest BCUT2D eigenvalue weighted by atomic mass is 16.3. The van der Waals surface area contributed by atoms with Crippen LogP contribution in [0.15, 0.2) is 155 Å². The second-order valence-electron chi connectivity index (χ2n) is 9.95. The fourth-order valence-electron chi connectivity index (χ4n) is 5.53. The Hall–Kier alpha value is -5.21. The van der Waals surface area contributed by atoms with E-state index in [4.69, 9.17) is 9.41 Å². The van der Waals surface area contributed by atoms with Crippen LogP contribution in [-0.2, 0) is 6.54 Å². The van der Waals surface area contributed by atoms with E-state index in [0.29, 0.717) is 6.54 Å². The molecule has 7 rings (SSSR count). The number of aliphatic imine (C=N–C) groups is 1. The minimum Gasteiger partial charge on any atom is -0.456 e. The van der Waals surface area contributed by atoms with Crippen LogP contribution in [0, 0.1) is 0 Å². The van der Waals surface area contributed by atoms with Gasteiger partial charge in [0, 0.05) is 22.6 Å². The monoisotopic (exact) mass is 513 g/mol. The van der Waals surface area contributed by atoms with Gasteiger partial charge in [0.1, 0.15) is 11.2 Å². The van der Waals surface area contributed by atoms with Gasteiger partial charge in [-0.3, -0.25) is 4.99 Å². The molecule has 2 nitrogen and oxygen atoms in total. The molecule has 0 atom stereocenters. The molecule has 0 fully saturated rings. The van der Waals surface area contributed by atoms with Crippen molar-refractivity contribution in [2.24, 2.45) is 4.99 Å². The highest BCUT2D eigenvalue weighted by Crippen LogP contribution is 2.42. The topological polar surface area (TPSA) is 25.5 Å². The fourth-order valence-corrected chi connectivity index (χ4v) is 5.53. The molecule has 6 aromatic carbocycles. The lowest BCUT2D eigenvalue weighted by Crippen LogP contribution is -1.90. The average molecular weight is 514 g/mol. The number of rotatable bonds is 6. The zero-order chi connectivity index (χ0) is 26.7. The summed E-state index contributed by atoms with van der Waals surface area (Å²) in [6.45, 7) is 0.644. The molecule has 0 aliphatic heterocycles. The molecule has 40 heavy (non-hydrogen) atoms. The van der Waals surface area contributed by atoms with Crippen LogP contribution in [0.4, 0.5) is 0 Å². The van der Waals surface area contributed by atoms with Gasteiger partial charge in [-0.1, -0.05) is 127 Å². The number of nitrogens with zero attached hydrogens (tertiary/aromatic N) is 1. The van der Waals surface area contributed by atoms with Crippen molar-refractivity contribution < 1.29 is 4.42 Å². The van der Waals surface area contributed by atoms with Crippen molar-refractivity contribution in [3.8, 4) is 33.4 Å². The summed E-state index contributed by atoms with van der Waals surface area (Å²) in [7, 11) is 0. The van der Waals surface area contributed by atoms with Gasteiger partial charge in [-0.25, -0.2) is 0 Å². The van der Waals surface area contributed by atoms with Crippen molar-refractivity contribution in [3.05, 3.63) is 157 Å². The van der Waals surface area contributed by atoms with E-state index in [0.717, 1.165) is 33.1 Å². The van der Waals surface area contributed by atoms with E-state index in [-0.39, 0.29) is 0 Å². The van der Waals surface area contributed by atoms with Crippen LogP contribution in [0.2, 0.25) is 0 Å². The molecular weight excluding hydrogens is 486 g/mol. The fraction of sp³-hybridized carbons (Fsp3) is 0.0263. The summed E-state index contributed by atoms with van der Waals surface area (Å²) in [5.74, 6) is 0.